The molecule has 1 heterocycles. The highest BCUT2D eigenvalue weighted by Gasteiger charge is 2.01. The molecule has 1 N–H and O–H groups in total. The van der Waals surface area contributed by atoms with Crippen molar-refractivity contribution in [2.24, 2.45) is 0 Å². The standard InChI is InChI=1S/C8H7NOS/c10-5-8-6-3-1-2-4-7(6)9-11-8/h1-4,10H,5H2. The molecule has 2 aromatic rings. The van der Waals surface area contributed by atoms with E-state index in [1.54, 1.807) is 0 Å². The molecule has 3 heteroatoms. The first-order valence-corrected chi connectivity index (χ1v) is 4.13. The Morgan fingerprint density at radius 3 is 3.00 bits per heavy atom. The topological polar surface area (TPSA) is 33.1 Å². The second-order valence-electron chi connectivity index (χ2n) is 2.28. The highest BCUT2D eigenvalue weighted by atomic mass is 32.1. The second-order valence-corrected chi connectivity index (χ2v) is 3.14. The van der Waals surface area contributed by atoms with Gasteiger partial charge >= 0.3 is 0 Å². The molecular weight excluding hydrogens is 158 g/mol. The third kappa shape index (κ3) is 1.02. The molecule has 0 unspecified atom stereocenters. The summed E-state index contributed by atoms with van der Waals surface area (Å²) in [5, 5.41) is 9.96. The number of aliphatic hydroxyl groups is 1. The molecule has 0 fully saturated rings. The lowest BCUT2D eigenvalue weighted by Crippen LogP contribution is -1.75. The number of hydrogen-bond acceptors (Lipinski definition) is 3. The van der Waals surface area contributed by atoms with Crippen LogP contribution < -0.4 is 0 Å². The molecule has 0 aliphatic carbocycles. The Morgan fingerprint density at radius 2 is 2.18 bits per heavy atom. The van der Waals surface area contributed by atoms with Gasteiger partial charge in [0.1, 0.15) is 0 Å². The molecule has 0 aliphatic rings. The van der Waals surface area contributed by atoms with E-state index in [4.69, 9.17) is 5.11 Å². The van der Waals surface area contributed by atoms with Gasteiger partial charge in [-0.15, -0.1) is 0 Å². The Kier molecular flexibility index (Phi) is 1.60. The molecule has 0 aliphatic heterocycles. The van der Waals surface area contributed by atoms with Crippen LogP contribution >= 0.6 is 11.5 Å². The maximum atomic E-state index is 8.89. The summed E-state index contributed by atoms with van der Waals surface area (Å²) in [4.78, 5) is 0.945. The molecule has 11 heavy (non-hydrogen) atoms. The molecule has 56 valence electrons. The summed E-state index contributed by atoms with van der Waals surface area (Å²) in [6, 6.07) is 7.83. The Morgan fingerprint density at radius 1 is 1.36 bits per heavy atom. The van der Waals surface area contributed by atoms with Crippen molar-refractivity contribution in [2.45, 2.75) is 6.61 Å². The highest BCUT2D eigenvalue weighted by molar-refractivity contribution is 7.07. The Labute approximate surface area is 68.3 Å². The average molecular weight is 165 g/mol. The van der Waals surface area contributed by atoms with Gasteiger partial charge in [-0.1, -0.05) is 18.2 Å². The minimum atomic E-state index is 0.0885. The molecule has 2 rings (SSSR count). The molecule has 0 saturated carbocycles. The van der Waals surface area contributed by atoms with Gasteiger partial charge in [0, 0.05) is 5.39 Å². The monoisotopic (exact) mass is 165 g/mol. The van der Waals surface area contributed by atoms with Crippen molar-refractivity contribution in [1.29, 1.82) is 0 Å². The van der Waals surface area contributed by atoms with Crippen LogP contribution in [-0.4, -0.2) is 9.48 Å². The van der Waals surface area contributed by atoms with Crippen molar-refractivity contribution in [3.05, 3.63) is 29.1 Å². The van der Waals surface area contributed by atoms with Crippen molar-refractivity contribution < 1.29 is 5.11 Å². The summed E-state index contributed by atoms with van der Waals surface area (Å²) in [6.07, 6.45) is 0. The first-order chi connectivity index (χ1) is 5.42. The molecule has 0 amide bonds. The number of aromatic nitrogens is 1. The predicted octanol–water partition coefficient (Wildman–Crippen LogP) is 1.79. The third-order valence-corrected chi connectivity index (χ3v) is 2.46. The van der Waals surface area contributed by atoms with Gasteiger partial charge < -0.3 is 5.11 Å². The third-order valence-electron chi connectivity index (χ3n) is 1.60. The zero-order valence-corrected chi connectivity index (χ0v) is 6.64. The zero-order valence-electron chi connectivity index (χ0n) is 5.82. The molecule has 2 nitrogen and oxygen atoms in total. The van der Waals surface area contributed by atoms with E-state index in [2.05, 4.69) is 4.37 Å². The fourth-order valence-corrected chi connectivity index (χ4v) is 1.75. The first kappa shape index (κ1) is 6.76. The largest absolute Gasteiger partial charge is 0.391 e. The number of benzene rings is 1. The summed E-state index contributed by atoms with van der Waals surface area (Å²) in [7, 11) is 0. The van der Waals surface area contributed by atoms with Gasteiger partial charge in [-0.2, -0.15) is 4.37 Å². The van der Waals surface area contributed by atoms with Gasteiger partial charge in [-0.25, -0.2) is 0 Å². The van der Waals surface area contributed by atoms with Crippen molar-refractivity contribution in [1.82, 2.24) is 4.37 Å². The first-order valence-electron chi connectivity index (χ1n) is 3.36. The summed E-state index contributed by atoms with van der Waals surface area (Å²) >= 11 is 1.36. The van der Waals surface area contributed by atoms with Crippen molar-refractivity contribution in [2.75, 3.05) is 0 Å². The van der Waals surface area contributed by atoms with Crippen LogP contribution in [0.1, 0.15) is 4.88 Å². The fraction of sp³-hybridized carbons (Fsp3) is 0.125. The number of nitrogens with zero attached hydrogens (tertiary/aromatic N) is 1. The van der Waals surface area contributed by atoms with Crippen molar-refractivity contribution in [3.8, 4) is 0 Å². The summed E-state index contributed by atoms with van der Waals surface area (Å²) in [5.74, 6) is 0. The van der Waals surface area contributed by atoms with Gasteiger partial charge in [0.25, 0.3) is 0 Å². The molecule has 0 radical (unpaired) electrons. The number of fused-ring (bicyclic) bond motifs is 1. The van der Waals surface area contributed by atoms with E-state index in [9.17, 15) is 0 Å². The number of hydrogen-bond donors (Lipinski definition) is 1. The number of rotatable bonds is 1. The van der Waals surface area contributed by atoms with Crippen LogP contribution in [0.15, 0.2) is 24.3 Å². The lowest BCUT2D eigenvalue weighted by atomic mass is 10.2. The molecule has 1 aromatic carbocycles. The van der Waals surface area contributed by atoms with Gasteiger partial charge in [0.05, 0.1) is 17.0 Å². The Balaban J connectivity index is 2.76. The lowest BCUT2D eigenvalue weighted by Gasteiger charge is -1.88. The van der Waals surface area contributed by atoms with Crippen LogP contribution in [-0.2, 0) is 6.61 Å². The highest BCUT2D eigenvalue weighted by Crippen LogP contribution is 2.21. The fourth-order valence-electron chi connectivity index (χ4n) is 1.06. The summed E-state index contributed by atoms with van der Waals surface area (Å²) in [5.41, 5.74) is 0.974. The average Bonchev–Trinajstić information content (AvgIpc) is 2.47. The van der Waals surface area contributed by atoms with Crippen molar-refractivity contribution >= 4 is 22.4 Å². The van der Waals surface area contributed by atoms with E-state index in [0.717, 1.165) is 15.8 Å². The quantitative estimate of drug-likeness (QED) is 0.698. The Hall–Kier alpha value is -0.930. The van der Waals surface area contributed by atoms with Crippen LogP contribution in [0.3, 0.4) is 0 Å². The van der Waals surface area contributed by atoms with E-state index in [1.807, 2.05) is 24.3 Å². The van der Waals surface area contributed by atoms with Crippen LogP contribution in [0.4, 0.5) is 0 Å². The zero-order chi connectivity index (χ0) is 7.68. The van der Waals surface area contributed by atoms with E-state index < -0.39 is 0 Å². The lowest BCUT2D eigenvalue weighted by molar-refractivity contribution is 0.287. The van der Waals surface area contributed by atoms with Crippen LogP contribution in [0.5, 0.6) is 0 Å². The minimum Gasteiger partial charge on any atom is -0.391 e. The number of aliphatic hydroxyl groups excluding tert-OH is 1. The van der Waals surface area contributed by atoms with E-state index in [0.29, 0.717) is 0 Å². The predicted molar refractivity (Wildman–Crippen MR) is 45.5 cm³/mol. The van der Waals surface area contributed by atoms with Crippen LogP contribution in [0.25, 0.3) is 10.9 Å². The van der Waals surface area contributed by atoms with Gasteiger partial charge in [-0.3, -0.25) is 0 Å². The molecule has 0 spiro atoms. The molecule has 0 bridgehead atoms. The minimum absolute atomic E-state index is 0.0885. The van der Waals surface area contributed by atoms with Crippen LogP contribution in [0.2, 0.25) is 0 Å². The SMILES string of the molecule is OCc1snc2ccccc12. The van der Waals surface area contributed by atoms with Gasteiger partial charge in [0.2, 0.25) is 0 Å². The van der Waals surface area contributed by atoms with Gasteiger partial charge in [-0.05, 0) is 17.6 Å². The second kappa shape index (κ2) is 2.60. The smallest absolute Gasteiger partial charge is 0.0844 e. The summed E-state index contributed by atoms with van der Waals surface area (Å²) < 4.78 is 4.17. The summed E-state index contributed by atoms with van der Waals surface area (Å²) in [6.45, 7) is 0.0885. The van der Waals surface area contributed by atoms with Crippen molar-refractivity contribution in [3.63, 3.8) is 0 Å². The molecule has 0 saturated heterocycles. The molecule has 1 aromatic heterocycles. The van der Waals surface area contributed by atoms with Crippen LogP contribution in [0, 0.1) is 0 Å². The van der Waals surface area contributed by atoms with E-state index in [-0.39, 0.29) is 6.61 Å². The Bertz CT molecular complexity index is 369. The van der Waals surface area contributed by atoms with E-state index >= 15 is 0 Å². The normalized spacial score (nSPS) is 10.6. The van der Waals surface area contributed by atoms with E-state index in [1.165, 1.54) is 11.5 Å². The molecule has 0 atom stereocenters. The van der Waals surface area contributed by atoms with Gasteiger partial charge in [0.15, 0.2) is 0 Å². The maximum Gasteiger partial charge on any atom is 0.0844 e. The molecular formula is C8H7NOS. The maximum absolute atomic E-state index is 8.89.